The van der Waals surface area contributed by atoms with E-state index in [-0.39, 0.29) is 18.3 Å². The quantitative estimate of drug-likeness (QED) is 0.606. The molecular weight excluding hydrogens is 423 g/mol. The molecule has 0 unspecified atom stereocenters. The van der Waals surface area contributed by atoms with E-state index >= 15 is 0 Å². The lowest BCUT2D eigenvalue weighted by atomic mass is 10.2. The second-order valence-electron chi connectivity index (χ2n) is 5.18. The number of ether oxygens (including phenoxy) is 2. The van der Waals surface area contributed by atoms with Crippen LogP contribution < -0.4 is 14.8 Å². The number of benzene rings is 2. The summed E-state index contributed by atoms with van der Waals surface area (Å²) in [6.45, 7) is -0.207. The van der Waals surface area contributed by atoms with Crippen molar-refractivity contribution in [1.29, 1.82) is 0 Å². The van der Waals surface area contributed by atoms with Gasteiger partial charge in [-0.2, -0.15) is 0 Å². The van der Waals surface area contributed by atoms with Crippen molar-refractivity contribution in [3.8, 4) is 22.8 Å². The lowest BCUT2D eigenvalue weighted by Crippen LogP contribution is -2.20. The molecule has 26 heavy (non-hydrogen) atoms. The Bertz CT molecular complexity index is 915. The number of hydrogen-bond acceptors (Lipinski definition) is 5. The maximum atomic E-state index is 13.0. The summed E-state index contributed by atoms with van der Waals surface area (Å²) in [6.07, 6.45) is 0. The molecule has 0 atom stereocenters. The molecule has 0 aliphatic rings. The Morgan fingerprint density at radius 1 is 1.27 bits per heavy atom. The number of amides is 1. The molecule has 1 N–H and O–H groups in total. The van der Waals surface area contributed by atoms with Gasteiger partial charge in [-0.05, 0) is 58.4 Å². The van der Waals surface area contributed by atoms with Gasteiger partial charge in [0.15, 0.2) is 11.7 Å². The molecule has 3 rings (SSSR count). The Morgan fingerprint density at radius 2 is 2.04 bits per heavy atom. The summed E-state index contributed by atoms with van der Waals surface area (Å²) in [6, 6.07) is 11.5. The van der Waals surface area contributed by atoms with Crippen LogP contribution in [0.5, 0.6) is 11.5 Å². The van der Waals surface area contributed by atoms with Crippen LogP contribution in [0.3, 0.4) is 0 Å². The molecule has 3 aromatic rings. The first-order valence-corrected chi connectivity index (χ1v) is 9.20. The zero-order chi connectivity index (χ0) is 18.5. The van der Waals surface area contributed by atoms with Gasteiger partial charge in [0.05, 0.1) is 17.3 Å². The molecule has 1 aromatic heterocycles. The molecule has 0 fully saturated rings. The standard InChI is InChI=1S/C18H14BrFN2O3S/c1-24-13-5-2-11(3-6-13)15-10-26-18(21-15)22-17(23)9-25-16-7-4-12(20)8-14(16)19/h2-8,10H,9H2,1H3,(H,21,22,23). The normalized spacial score (nSPS) is 10.4. The number of halogens is 2. The summed E-state index contributed by atoms with van der Waals surface area (Å²) in [5, 5.41) is 5.02. The van der Waals surface area contributed by atoms with Crippen molar-refractivity contribution in [3.63, 3.8) is 0 Å². The number of carbonyl (C=O) groups excluding carboxylic acids is 1. The molecular formula is C18H14BrFN2O3S. The van der Waals surface area contributed by atoms with E-state index < -0.39 is 0 Å². The minimum absolute atomic E-state index is 0.207. The second kappa shape index (κ2) is 8.29. The fraction of sp³-hybridized carbons (Fsp3) is 0.111. The van der Waals surface area contributed by atoms with Crippen molar-refractivity contribution in [1.82, 2.24) is 4.98 Å². The van der Waals surface area contributed by atoms with Crippen LogP contribution in [-0.4, -0.2) is 24.6 Å². The highest BCUT2D eigenvalue weighted by Gasteiger charge is 2.10. The van der Waals surface area contributed by atoms with Crippen LogP contribution in [0.25, 0.3) is 11.3 Å². The van der Waals surface area contributed by atoms with Gasteiger partial charge in [-0.1, -0.05) is 0 Å². The van der Waals surface area contributed by atoms with E-state index in [0.29, 0.717) is 15.4 Å². The molecule has 1 heterocycles. The smallest absolute Gasteiger partial charge is 0.264 e. The number of anilines is 1. The Labute approximate surface area is 161 Å². The molecule has 0 aliphatic heterocycles. The van der Waals surface area contributed by atoms with E-state index in [0.717, 1.165) is 17.0 Å². The fourth-order valence-corrected chi connectivity index (χ4v) is 3.32. The van der Waals surface area contributed by atoms with E-state index in [2.05, 4.69) is 26.2 Å². The van der Waals surface area contributed by atoms with Crippen LogP contribution in [0.15, 0.2) is 52.3 Å². The number of rotatable bonds is 6. The third-order valence-electron chi connectivity index (χ3n) is 3.39. The van der Waals surface area contributed by atoms with Gasteiger partial charge in [-0.15, -0.1) is 11.3 Å². The highest BCUT2D eigenvalue weighted by atomic mass is 79.9. The van der Waals surface area contributed by atoms with E-state index in [1.165, 1.54) is 29.5 Å². The zero-order valence-electron chi connectivity index (χ0n) is 13.7. The van der Waals surface area contributed by atoms with Gasteiger partial charge >= 0.3 is 0 Å². The minimum Gasteiger partial charge on any atom is -0.497 e. The van der Waals surface area contributed by atoms with Crippen molar-refractivity contribution in [2.75, 3.05) is 19.0 Å². The lowest BCUT2D eigenvalue weighted by molar-refractivity contribution is -0.118. The molecule has 0 bridgehead atoms. The molecule has 0 saturated carbocycles. The van der Waals surface area contributed by atoms with Crippen LogP contribution in [0.4, 0.5) is 9.52 Å². The van der Waals surface area contributed by atoms with Gasteiger partial charge in [0, 0.05) is 10.9 Å². The number of carbonyl (C=O) groups is 1. The third-order valence-corrected chi connectivity index (χ3v) is 4.77. The van der Waals surface area contributed by atoms with Gasteiger partial charge in [0.2, 0.25) is 0 Å². The summed E-state index contributed by atoms with van der Waals surface area (Å²) in [5.74, 6) is 0.417. The second-order valence-corrected chi connectivity index (χ2v) is 6.89. The Morgan fingerprint density at radius 3 is 2.73 bits per heavy atom. The predicted molar refractivity (Wildman–Crippen MR) is 102 cm³/mol. The van der Waals surface area contributed by atoms with Gasteiger partial charge in [0.1, 0.15) is 17.3 Å². The van der Waals surface area contributed by atoms with Crippen LogP contribution in [0.2, 0.25) is 0 Å². The topological polar surface area (TPSA) is 60.5 Å². The summed E-state index contributed by atoms with van der Waals surface area (Å²) >= 11 is 4.51. The highest BCUT2D eigenvalue weighted by Crippen LogP contribution is 2.27. The predicted octanol–water partition coefficient (Wildman–Crippen LogP) is 4.74. The molecule has 0 radical (unpaired) electrons. The average molecular weight is 437 g/mol. The molecule has 134 valence electrons. The first kappa shape index (κ1) is 18.3. The Balaban J connectivity index is 1.58. The Kier molecular flexibility index (Phi) is 5.85. The average Bonchev–Trinajstić information content (AvgIpc) is 3.09. The summed E-state index contributed by atoms with van der Waals surface area (Å²) in [4.78, 5) is 16.4. The highest BCUT2D eigenvalue weighted by molar-refractivity contribution is 9.10. The van der Waals surface area contributed by atoms with E-state index in [1.807, 2.05) is 29.6 Å². The third kappa shape index (κ3) is 4.59. The number of hydrogen-bond donors (Lipinski definition) is 1. The molecule has 0 spiro atoms. The molecule has 1 amide bonds. The van der Waals surface area contributed by atoms with Crippen LogP contribution >= 0.6 is 27.3 Å². The maximum absolute atomic E-state index is 13.0. The number of nitrogens with zero attached hydrogens (tertiary/aromatic N) is 1. The van der Waals surface area contributed by atoms with Crippen molar-refractivity contribution >= 4 is 38.3 Å². The van der Waals surface area contributed by atoms with Gasteiger partial charge in [-0.3, -0.25) is 10.1 Å². The number of aromatic nitrogens is 1. The van der Waals surface area contributed by atoms with Crippen LogP contribution in [0.1, 0.15) is 0 Å². The van der Waals surface area contributed by atoms with Crippen molar-refractivity contribution < 1.29 is 18.7 Å². The van der Waals surface area contributed by atoms with Crippen molar-refractivity contribution in [2.24, 2.45) is 0 Å². The Hall–Kier alpha value is -2.45. The number of nitrogens with one attached hydrogen (secondary N) is 1. The number of methoxy groups -OCH3 is 1. The minimum atomic E-state index is -0.387. The molecule has 0 saturated heterocycles. The summed E-state index contributed by atoms with van der Waals surface area (Å²) in [5.41, 5.74) is 1.68. The molecule has 2 aromatic carbocycles. The molecule has 5 nitrogen and oxygen atoms in total. The van der Waals surface area contributed by atoms with E-state index in [1.54, 1.807) is 7.11 Å². The van der Waals surface area contributed by atoms with Gasteiger partial charge in [0.25, 0.3) is 5.91 Å². The first-order chi connectivity index (χ1) is 12.5. The van der Waals surface area contributed by atoms with Crippen LogP contribution in [0, 0.1) is 5.82 Å². The van der Waals surface area contributed by atoms with Crippen molar-refractivity contribution in [2.45, 2.75) is 0 Å². The monoisotopic (exact) mass is 436 g/mol. The van der Waals surface area contributed by atoms with Gasteiger partial charge < -0.3 is 9.47 Å². The SMILES string of the molecule is COc1ccc(-c2csc(NC(=O)COc3ccc(F)cc3Br)n2)cc1. The summed E-state index contributed by atoms with van der Waals surface area (Å²) < 4.78 is 24.0. The molecule has 0 aliphatic carbocycles. The first-order valence-electron chi connectivity index (χ1n) is 7.53. The zero-order valence-corrected chi connectivity index (χ0v) is 16.1. The van der Waals surface area contributed by atoms with Gasteiger partial charge in [-0.25, -0.2) is 9.37 Å². The van der Waals surface area contributed by atoms with E-state index in [9.17, 15) is 9.18 Å². The largest absolute Gasteiger partial charge is 0.497 e. The molecule has 8 heteroatoms. The van der Waals surface area contributed by atoms with Crippen molar-refractivity contribution in [3.05, 3.63) is 58.1 Å². The summed E-state index contributed by atoms with van der Waals surface area (Å²) in [7, 11) is 1.61. The van der Waals surface area contributed by atoms with E-state index in [4.69, 9.17) is 9.47 Å². The lowest BCUT2D eigenvalue weighted by Gasteiger charge is -2.07. The van der Waals surface area contributed by atoms with Crippen LogP contribution in [-0.2, 0) is 4.79 Å². The number of thiazole rings is 1. The fourth-order valence-electron chi connectivity index (χ4n) is 2.12. The maximum Gasteiger partial charge on any atom is 0.264 e.